The zero-order valence-electron chi connectivity index (χ0n) is 50.9. The van der Waals surface area contributed by atoms with Crippen LogP contribution in [0.1, 0.15) is 162 Å². The first-order chi connectivity index (χ1) is 35.2. The summed E-state index contributed by atoms with van der Waals surface area (Å²) in [6.45, 7) is -18.7. The summed E-state index contributed by atoms with van der Waals surface area (Å²) in [5.74, 6) is -3.06. The molecule has 10 rings (SSSR count). The molecule has 0 N–H and O–H groups in total. The van der Waals surface area contributed by atoms with Crippen molar-refractivity contribution in [3.05, 3.63) is 154 Å². The third kappa shape index (κ3) is 5.50. The maximum atomic E-state index is 9.91. The predicted octanol–water partition coefficient (Wildman–Crippen LogP) is 15.5. The van der Waals surface area contributed by atoms with Gasteiger partial charge >= 0.3 is 0 Å². The molecule has 0 bridgehead atoms. The second kappa shape index (κ2) is 13.3. The Morgan fingerprint density at radius 1 is 0.500 bits per heavy atom. The maximum absolute atomic E-state index is 9.91. The molecule has 0 atom stereocenters. The fraction of sp³-hybridized carbons (Fsp3) is 0.333. The minimum Gasteiger partial charge on any atom is -0.456 e. The summed E-state index contributed by atoms with van der Waals surface area (Å²) in [6, 6.07) is 26.3. The van der Waals surface area contributed by atoms with Crippen LogP contribution in [0, 0.1) is 13.7 Å². The van der Waals surface area contributed by atoms with Gasteiger partial charge in [-0.3, -0.25) is 0 Å². The Hall–Kier alpha value is -5.08. The Bertz CT molecular complexity index is 3040. The second-order valence-corrected chi connectivity index (χ2v) is 15.6. The fourth-order valence-electron chi connectivity index (χ4n) is 9.36. The molecule has 0 aromatic heterocycles. The van der Waals surface area contributed by atoms with Crippen molar-refractivity contribution in [1.29, 1.82) is 0 Å². The highest BCUT2D eigenvalue weighted by atomic mass is 16.5. The highest BCUT2D eigenvalue weighted by molar-refractivity contribution is 5.87. The Morgan fingerprint density at radius 2 is 0.929 bits per heavy atom. The van der Waals surface area contributed by atoms with Gasteiger partial charge in [0.1, 0.15) is 23.0 Å². The molecule has 56 heavy (non-hydrogen) atoms. The van der Waals surface area contributed by atoms with E-state index in [-0.39, 0.29) is 89.8 Å². The van der Waals surface area contributed by atoms with Crippen molar-refractivity contribution in [2.75, 3.05) is 0 Å². The summed E-state index contributed by atoms with van der Waals surface area (Å²) in [7, 11) is 0. The molecule has 0 amide bonds. The number of hydrogen-bond donors (Lipinski definition) is 0. The van der Waals surface area contributed by atoms with Crippen LogP contribution in [0.15, 0.2) is 109 Å². The highest BCUT2D eigenvalue weighted by Crippen LogP contribution is 2.56. The maximum Gasteiger partial charge on any atom is 0.139 e. The average molecular weight is 755 g/mol. The third-order valence-corrected chi connectivity index (χ3v) is 12.2. The van der Waals surface area contributed by atoms with Crippen molar-refractivity contribution in [2.24, 2.45) is 0 Å². The van der Waals surface area contributed by atoms with E-state index in [0.29, 0.717) is 62.5 Å². The molecule has 2 heterocycles. The zero-order valence-corrected chi connectivity index (χ0v) is 30.9. The van der Waals surface area contributed by atoms with Crippen molar-refractivity contribution >= 4 is 0 Å². The van der Waals surface area contributed by atoms with Crippen molar-refractivity contribution in [3.63, 3.8) is 0 Å². The van der Waals surface area contributed by atoms with Gasteiger partial charge in [-0.05, 0) is 120 Å². The summed E-state index contributed by atoms with van der Waals surface area (Å²) >= 11 is 0. The topological polar surface area (TPSA) is 18.5 Å². The van der Waals surface area contributed by atoms with Crippen molar-refractivity contribution in [1.82, 2.24) is 0 Å². The van der Waals surface area contributed by atoms with Gasteiger partial charge in [0.15, 0.2) is 0 Å². The van der Waals surface area contributed by atoms with E-state index < -0.39 is 63.7 Å². The van der Waals surface area contributed by atoms with Gasteiger partial charge in [0.25, 0.3) is 0 Å². The van der Waals surface area contributed by atoms with E-state index in [4.69, 9.17) is 34.1 Å². The standard InChI is InChI=1S/C54H54O2/c1-33-23-25-37(49-39(35-15-7-8-16-35)27-29-45-51(49)55-47-21-13-11-19-43(47)53(45,3)4)31-41(33)42-32-38(26-24-34(42)2)50-40(36-17-9-10-18-36)28-30-46-52(50)56-48-22-14-12-20-44(48)54(46,5)6/h11-14,19-32,35-36H,7-10,15-18H2,1-6H3/i1D3,2D3,3D3,4D3,5D3,6D3,35D,36D. The highest BCUT2D eigenvalue weighted by Gasteiger charge is 2.39. The van der Waals surface area contributed by atoms with E-state index in [1.165, 1.54) is 84.9 Å². The smallest absolute Gasteiger partial charge is 0.139 e. The molecule has 0 spiro atoms. The molecule has 0 unspecified atom stereocenters. The minimum atomic E-state index is -3.22. The van der Waals surface area contributed by atoms with Gasteiger partial charge in [0, 0.05) is 71.6 Å². The fourth-order valence-corrected chi connectivity index (χ4v) is 9.36. The quantitative estimate of drug-likeness (QED) is 0.174. The number of ether oxygens (including phenoxy) is 2. The summed E-state index contributed by atoms with van der Waals surface area (Å²) in [6.07, 6.45) is 4.11. The third-order valence-electron chi connectivity index (χ3n) is 12.2. The van der Waals surface area contributed by atoms with Crippen LogP contribution in [0.3, 0.4) is 0 Å². The van der Waals surface area contributed by atoms with Crippen molar-refractivity contribution in [2.45, 2.75) is 115 Å². The Morgan fingerprint density at radius 3 is 1.34 bits per heavy atom. The van der Waals surface area contributed by atoms with E-state index in [2.05, 4.69) is 0 Å². The van der Waals surface area contributed by atoms with Gasteiger partial charge in [0.2, 0.25) is 0 Å². The van der Waals surface area contributed by atoms with Crippen molar-refractivity contribution < 1.29 is 36.9 Å². The molecule has 2 nitrogen and oxygen atoms in total. The number of rotatable bonds is 5. The van der Waals surface area contributed by atoms with Crippen LogP contribution in [0.2, 0.25) is 0 Å². The summed E-state index contributed by atoms with van der Waals surface area (Å²) in [4.78, 5) is 0. The predicted molar refractivity (Wildman–Crippen MR) is 232 cm³/mol. The molecule has 6 aromatic rings. The number of para-hydroxylation sites is 2. The number of aryl methyl sites for hydroxylation is 2. The lowest BCUT2D eigenvalue weighted by Gasteiger charge is -2.37. The Balaban J connectivity index is 1.32. The van der Waals surface area contributed by atoms with Crippen LogP contribution in [0.25, 0.3) is 33.4 Å². The zero-order chi connectivity index (χ0) is 55.2. The molecule has 2 aliphatic heterocycles. The SMILES string of the molecule is [2H]C([2H])([2H])c1ccc(-c2c(C3([2H])CCCC3)ccc3c2Oc2ccccc2C3(C([2H])([2H])[2H])C([2H])([2H])[2H])cc1-c1cc(-c2c(C3([2H])CCCC3)ccc3c2Oc2ccccc2C3(C([2H])([2H])[2H])C([2H])([2H])[2H])ccc1C([2H])([2H])[2H]. The molecule has 0 saturated heterocycles. The first-order valence-corrected chi connectivity index (χ1v) is 19.4. The molecule has 6 aromatic carbocycles. The molecule has 2 saturated carbocycles. The first kappa shape index (κ1) is 19.9. The molecule has 4 aliphatic rings. The van der Waals surface area contributed by atoms with E-state index in [0.717, 1.165) is 0 Å². The molecular weight excluding hydrogens is 681 g/mol. The van der Waals surface area contributed by atoms with E-state index in [1.54, 1.807) is 24.3 Å². The van der Waals surface area contributed by atoms with Gasteiger partial charge in [-0.15, -0.1) is 0 Å². The van der Waals surface area contributed by atoms with Gasteiger partial charge in [-0.25, -0.2) is 0 Å². The largest absolute Gasteiger partial charge is 0.456 e. The second-order valence-electron chi connectivity index (χ2n) is 15.6. The molecule has 2 aliphatic carbocycles. The van der Waals surface area contributed by atoms with Gasteiger partial charge in [-0.1, -0.05) is 138 Å². The molecular formula is C54H54O2. The van der Waals surface area contributed by atoms with E-state index >= 15 is 0 Å². The molecule has 2 fully saturated rings. The molecule has 282 valence electrons. The number of hydrogen-bond acceptors (Lipinski definition) is 2. The van der Waals surface area contributed by atoms with Crippen LogP contribution in [-0.2, 0) is 10.8 Å². The lowest BCUT2D eigenvalue weighted by Crippen LogP contribution is -2.25. The normalized spacial score (nSPS) is 25.8. The van der Waals surface area contributed by atoms with Gasteiger partial charge in [-0.2, -0.15) is 0 Å². The lowest BCUT2D eigenvalue weighted by molar-refractivity contribution is 0.418. The Kier molecular flexibility index (Phi) is 4.70. The Labute approximate surface area is 362 Å². The van der Waals surface area contributed by atoms with Crippen LogP contribution in [-0.4, -0.2) is 0 Å². The van der Waals surface area contributed by atoms with Gasteiger partial charge in [0.05, 0.1) is 0 Å². The number of benzene rings is 6. The van der Waals surface area contributed by atoms with E-state index in [9.17, 15) is 2.74 Å². The van der Waals surface area contributed by atoms with Crippen molar-refractivity contribution in [3.8, 4) is 56.4 Å². The lowest BCUT2D eigenvalue weighted by atomic mass is 9.73. The van der Waals surface area contributed by atoms with Crippen LogP contribution >= 0.6 is 0 Å². The summed E-state index contributed by atoms with van der Waals surface area (Å²) in [5, 5.41) is 0. The first-order valence-electron chi connectivity index (χ1n) is 29.4. The average Bonchev–Trinajstić information content (AvgIpc) is 4.12. The molecule has 2 heteroatoms. The summed E-state index contributed by atoms with van der Waals surface area (Å²) < 4.78 is 194. The number of fused-ring (bicyclic) bond motifs is 4. The monoisotopic (exact) mass is 755 g/mol. The van der Waals surface area contributed by atoms with Crippen LogP contribution in [0.4, 0.5) is 0 Å². The molecule has 0 radical (unpaired) electrons. The summed E-state index contributed by atoms with van der Waals surface area (Å²) in [5.41, 5.74) is -5.54. The van der Waals surface area contributed by atoms with Crippen LogP contribution in [0.5, 0.6) is 23.0 Å². The minimum absolute atomic E-state index is 0.0508. The van der Waals surface area contributed by atoms with Crippen LogP contribution < -0.4 is 9.47 Å². The van der Waals surface area contributed by atoms with Gasteiger partial charge < -0.3 is 9.47 Å². The van der Waals surface area contributed by atoms with E-state index in [1.807, 2.05) is 0 Å².